The number of ether oxygens (including phenoxy) is 1. The van der Waals surface area contributed by atoms with Crippen LogP contribution < -0.4 is 5.32 Å². The number of rotatable bonds is 3. The van der Waals surface area contributed by atoms with E-state index in [1.807, 2.05) is 7.05 Å². The van der Waals surface area contributed by atoms with Crippen molar-refractivity contribution in [2.45, 2.75) is 6.10 Å². The highest BCUT2D eigenvalue weighted by Crippen LogP contribution is 2.19. The molecule has 1 aliphatic heterocycles. The van der Waals surface area contributed by atoms with E-state index in [4.69, 9.17) is 20.8 Å². The van der Waals surface area contributed by atoms with Crippen LogP contribution in [0.4, 0.5) is 0 Å². The van der Waals surface area contributed by atoms with Gasteiger partial charge in [-0.2, -0.15) is 0 Å². The predicted octanol–water partition coefficient (Wildman–Crippen LogP) is 0.993. The minimum atomic E-state index is -0.104. The van der Waals surface area contributed by atoms with Crippen LogP contribution >= 0.6 is 11.6 Å². The Kier molecular flexibility index (Phi) is 4.04. The smallest absolute Gasteiger partial charge is 0.258 e. The van der Waals surface area contributed by atoms with Crippen molar-refractivity contribution in [3.8, 4) is 0 Å². The molecule has 17 heavy (non-hydrogen) atoms. The summed E-state index contributed by atoms with van der Waals surface area (Å²) in [6.45, 7) is 2.43. The maximum Gasteiger partial charge on any atom is 0.258 e. The molecular weight excluding hydrogens is 244 g/mol. The van der Waals surface area contributed by atoms with Crippen molar-refractivity contribution < 1.29 is 13.9 Å². The highest BCUT2D eigenvalue weighted by Gasteiger charge is 2.26. The number of furan rings is 1. The minimum Gasteiger partial charge on any atom is -0.452 e. The Morgan fingerprint density at radius 2 is 2.53 bits per heavy atom. The zero-order chi connectivity index (χ0) is 12.3. The number of amides is 1. The molecule has 94 valence electrons. The number of nitrogens with one attached hydrogen (secondary N) is 1. The highest BCUT2D eigenvalue weighted by molar-refractivity contribution is 6.32. The van der Waals surface area contributed by atoms with E-state index in [2.05, 4.69) is 5.32 Å². The summed E-state index contributed by atoms with van der Waals surface area (Å²) >= 11 is 5.79. The molecule has 1 unspecified atom stereocenters. The molecule has 1 N–H and O–H groups in total. The summed E-state index contributed by atoms with van der Waals surface area (Å²) in [6, 6.07) is 1.59. The van der Waals surface area contributed by atoms with Crippen LogP contribution in [-0.2, 0) is 4.74 Å². The summed E-state index contributed by atoms with van der Waals surface area (Å²) in [5.41, 5.74) is 0.414. The normalized spacial score (nSPS) is 20.6. The number of hydrogen-bond acceptors (Lipinski definition) is 4. The fourth-order valence-electron chi connectivity index (χ4n) is 1.87. The van der Waals surface area contributed by atoms with Gasteiger partial charge in [0.2, 0.25) is 5.22 Å². The van der Waals surface area contributed by atoms with E-state index in [9.17, 15) is 4.79 Å². The summed E-state index contributed by atoms with van der Waals surface area (Å²) in [4.78, 5) is 13.9. The van der Waals surface area contributed by atoms with Gasteiger partial charge in [0.25, 0.3) is 5.91 Å². The standard InChI is InChI=1S/C11H15ClN2O3/c1-13-6-8-7-14(3-5-16-8)11(15)9-2-4-17-10(9)12/h2,4,8,13H,3,5-7H2,1H3. The van der Waals surface area contributed by atoms with Crippen LogP contribution in [0.3, 0.4) is 0 Å². The minimum absolute atomic E-state index is 0.0309. The number of morpholine rings is 1. The Bertz CT molecular complexity index is 392. The third kappa shape index (κ3) is 2.80. The van der Waals surface area contributed by atoms with E-state index >= 15 is 0 Å². The van der Waals surface area contributed by atoms with Crippen molar-refractivity contribution in [1.29, 1.82) is 0 Å². The van der Waals surface area contributed by atoms with Crippen molar-refractivity contribution >= 4 is 17.5 Å². The van der Waals surface area contributed by atoms with Crippen molar-refractivity contribution in [1.82, 2.24) is 10.2 Å². The van der Waals surface area contributed by atoms with Crippen molar-refractivity contribution in [2.75, 3.05) is 33.3 Å². The molecule has 0 saturated carbocycles. The van der Waals surface area contributed by atoms with Crippen LogP contribution in [0.25, 0.3) is 0 Å². The molecule has 0 aromatic carbocycles. The zero-order valence-electron chi connectivity index (χ0n) is 9.61. The summed E-state index contributed by atoms with van der Waals surface area (Å²) in [5, 5.41) is 3.18. The fraction of sp³-hybridized carbons (Fsp3) is 0.545. The molecule has 2 heterocycles. The molecule has 0 aliphatic carbocycles. The van der Waals surface area contributed by atoms with Gasteiger partial charge >= 0.3 is 0 Å². The zero-order valence-corrected chi connectivity index (χ0v) is 10.4. The summed E-state index contributed by atoms with van der Waals surface area (Å²) in [6.07, 6.45) is 1.45. The molecule has 0 radical (unpaired) electrons. The lowest BCUT2D eigenvalue weighted by Crippen LogP contribution is -2.48. The Morgan fingerprint density at radius 1 is 1.71 bits per heavy atom. The van der Waals surface area contributed by atoms with Gasteiger partial charge in [-0.05, 0) is 24.7 Å². The largest absolute Gasteiger partial charge is 0.452 e. The molecule has 1 aromatic heterocycles. The number of carbonyl (C=O) groups is 1. The van der Waals surface area contributed by atoms with Gasteiger partial charge in [-0.1, -0.05) is 0 Å². The molecular formula is C11H15ClN2O3. The average Bonchev–Trinajstić information content (AvgIpc) is 2.75. The molecule has 1 atom stereocenters. The second kappa shape index (κ2) is 5.53. The van der Waals surface area contributed by atoms with Crippen LogP contribution in [0.5, 0.6) is 0 Å². The van der Waals surface area contributed by atoms with Gasteiger partial charge in [-0.25, -0.2) is 0 Å². The molecule has 1 aliphatic rings. The Morgan fingerprint density at radius 3 is 3.18 bits per heavy atom. The lowest BCUT2D eigenvalue weighted by Gasteiger charge is -2.32. The molecule has 5 nitrogen and oxygen atoms in total. The average molecular weight is 259 g/mol. The third-order valence-corrected chi connectivity index (χ3v) is 3.00. The van der Waals surface area contributed by atoms with Gasteiger partial charge in [0.05, 0.1) is 24.5 Å². The van der Waals surface area contributed by atoms with E-state index in [1.54, 1.807) is 11.0 Å². The number of carbonyl (C=O) groups excluding carboxylic acids is 1. The van der Waals surface area contributed by atoms with Gasteiger partial charge in [0.1, 0.15) is 0 Å². The van der Waals surface area contributed by atoms with E-state index in [1.165, 1.54) is 6.26 Å². The van der Waals surface area contributed by atoms with Crippen molar-refractivity contribution in [3.63, 3.8) is 0 Å². The maximum absolute atomic E-state index is 12.1. The summed E-state index contributed by atoms with van der Waals surface area (Å²) in [7, 11) is 1.86. The quantitative estimate of drug-likeness (QED) is 0.879. The second-order valence-electron chi connectivity index (χ2n) is 3.91. The first-order valence-corrected chi connectivity index (χ1v) is 5.88. The molecule has 1 fully saturated rings. The van der Waals surface area contributed by atoms with Crippen molar-refractivity contribution in [2.24, 2.45) is 0 Å². The Hall–Kier alpha value is -1.04. The molecule has 0 bridgehead atoms. The topological polar surface area (TPSA) is 54.7 Å². The van der Waals surface area contributed by atoms with E-state index < -0.39 is 0 Å². The molecule has 1 amide bonds. The van der Waals surface area contributed by atoms with Gasteiger partial charge in [-0.3, -0.25) is 4.79 Å². The lowest BCUT2D eigenvalue weighted by atomic mass is 10.2. The molecule has 1 aromatic rings. The number of nitrogens with zero attached hydrogens (tertiary/aromatic N) is 1. The van der Waals surface area contributed by atoms with Crippen LogP contribution in [0.1, 0.15) is 10.4 Å². The number of likely N-dealkylation sites (N-methyl/N-ethyl adjacent to an activating group) is 1. The van der Waals surface area contributed by atoms with Crippen LogP contribution in [0.15, 0.2) is 16.7 Å². The molecule has 2 rings (SSSR count). The highest BCUT2D eigenvalue weighted by atomic mass is 35.5. The van der Waals surface area contributed by atoms with E-state index in [-0.39, 0.29) is 17.2 Å². The fourth-order valence-corrected chi connectivity index (χ4v) is 2.07. The maximum atomic E-state index is 12.1. The van der Waals surface area contributed by atoms with Gasteiger partial charge in [0, 0.05) is 19.6 Å². The van der Waals surface area contributed by atoms with Gasteiger partial charge in [0.15, 0.2) is 0 Å². The van der Waals surface area contributed by atoms with Crippen molar-refractivity contribution in [3.05, 3.63) is 23.1 Å². The summed E-state index contributed by atoms with van der Waals surface area (Å²) < 4.78 is 10.5. The SMILES string of the molecule is CNCC1CN(C(=O)c2ccoc2Cl)CCO1. The van der Waals surface area contributed by atoms with Gasteiger partial charge in [-0.15, -0.1) is 0 Å². The first kappa shape index (κ1) is 12.4. The Labute approximate surface area is 105 Å². The lowest BCUT2D eigenvalue weighted by molar-refractivity contribution is -0.0196. The number of hydrogen-bond donors (Lipinski definition) is 1. The molecule has 6 heteroatoms. The molecule has 0 spiro atoms. The molecule has 1 saturated heterocycles. The number of halogens is 1. The first-order chi connectivity index (χ1) is 8.22. The van der Waals surface area contributed by atoms with E-state index in [0.717, 1.165) is 6.54 Å². The third-order valence-electron chi connectivity index (χ3n) is 2.71. The first-order valence-electron chi connectivity index (χ1n) is 5.51. The van der Waals surface area contributed by atoms with Crippen LogP contribution in [0.2, 0.25) is 5.22 Å². The van der Waals surface area contributed by atoms with E-state index in [0.29, 0.717) is 25.3 Å². The summed E-state index contributed by atoms with van der Waals surface area (Å²) in [5.74, 6) is -0.104. The predicted molar refractivity (Wildman–Crippen MR) is 63.3 cm³/mol. The van der Waals surface area contributed by atoms with Gasteiger partial charge < -0.3 is 19.4 Å². The second-order valence-corrected chi connectivity index (χ2v) is 4.25. The monoisotopic (exact) mass is 258 g/mol. The van der Waals surface area contributed by atoms with Crippen LogP contribution in [0, 0.1) is 0 Å². The Balaban J connectivity index is 2.02. The van der Waals surface area contributed by atoms with Crippen LogP contribution in [-0.4, -0.2) is 50.2 Å².